The van der Waals surface area contributed by atoms with Crippen LogP contribution in [0.1, 0.15) is 10.4 Å². The fraction of sp³-hybridized carbons (Fsp3) is 0.167. The Morgan fingerprint density at radius 2 is 2.20 bits per heavy atom. The third-order valence-corrected chi connectivity index (χ3v) is 2.82. The monoisotopic (exact) mass is 293 g/mol. The number of amides is 1. The Morgan fingerprint density at radius 3 is 2.95 bits per heavy atom. The number of nitrogens with one attached hydrogen (secondary N) is 3. The van der Waals surface area contributed by atoms with Crippen molar-refractivity contribution in [2.75, 3.05) is 18.4 Å². The van der Waals surface area contributed by atoms with Gasteiger partial charge in [0.2, 0.25) is 0 Å². The molecule has 2 rings (SSSR count). The minimum absolute atomic E-state index is 0.0404. The van der Waals surface area contributed by atoms with E-state index in [1.54, 1.807) is 18.3 Å². The third-order valence-electron chi connectivity index (χ3n) is 2.45. The second-order valence-corrected chi connectivity index (χ2v) is 4.23. The zero-order valence-electron chi connectivity index (χ0n) is 10.4. The van der Waals surface area contributed by atoms with E-state index in [0.717, 1.165) is 0 Å². The molecule has 0 spiro atoms. The molecule has 3 N–H and O–H groups in total. The lowest BCUT2D eigenvalue weighted by Crippen LogP contribution is -2.29. The molecule has 0 bridgehead atoms. The minimum Gasteiger partial charge on any atom is -0.381 e. The van der Waals surface area contributed by atoms with Crippen LogP contribution < -0.4 is 16.2 Å². The van der Waals surface area contributed by atoms with Crippen molar-refractivity contribution < 1.29 is 4.79 Å². The van der Waals surface area contributed by atoms with Crippen molar-refractivity contribution >= 4 is 23.2 Å². The number of carbonyl (C=O) groups excluding carboxylic acids is 1. The van der Waals surface area contributed by atoms with Gasteiger partial charge >= 0.3 is 0 Å². The lowest BCUT2D eigenvalue weighted by Gasteiger charge is -2.08. The van der Waals surface area contributed by atoms with Crippen molar-refractivity contribution in [2.45, 2.75) is 0 Å². The molecule has 0 fully saturated rings. The van der Waals surface area contributed by atoms with Crippen LogP contribution in [0.4, 0.5) is 5.69 Å². The van der Waals surface area contributed by atoms with Gasteiger partial charge in [0.25, 0.3) is 11.5 Å². The van der Waals surface area contributed by atoms with Gasteiger partial charge in [-0.05, 0) is 12.1 Å². The first-order valence-corrected chi connectivity index (χ1v) is 6.21. The summed E-state index contributed by atoms with van der Waals surface area (Å²) >= 11 is 5.79. The number of pyridine rings is 1. The van der Waals surface area contributed by atoms with Crippen LogP contribution in [0.3, 0.4) is 0 Å². The number of H-pyrrole nitrogens is 1. The van der Waals surface area contributed by atoms with Crippen molar-refractivity contribution in [3.8, 4) is 0 Å². The number of aromatic nitrogens is 3. The maximum Gasteiger partial charge on any atom is 0.285 e. The molecule has 2 aromatic heterocycles. The lowest BCUT2D eigenvalue weighted by molar-refractivity contribution is 0.0955. The molecule has 0 aliphatic heterocycles. The fourth-order valence-corrected chi connectivity index (χ4v) is 1.64. The first kappa shape index (κ1) is 14.0. The number of rotatable bonds is 5. The topological polar surface area (TPSA) is 99.8 Å². The second kappa shape index (κ2) is 6.67. The zero-order valence-corrected chi connectivity index (χ0v) is 11.1. The molecule has 0 aliphatic carbocycles. The number of hydrogen-bond acceptors (Lipinski definition) is 5. The molecular weight excluding hydrogens is 282 g/mol. The Bertz CT molecular complexity index is 644. The largest absolute Gasteiger partial charge is 0.381 e. The molecule has 0 aliphatic rings. The smallest absolute Gasteiger partial charge is 0.285 e. The van der Waals surface area contributed by atoms with Gasteiger partial charge in [-0.1, -0.05) is 11.6 Å². The second-order valence-electron chi connectivity index (χ2n) is 3.85. The van der Waals surface area contributed by atoms with E-state index in [1.165, 1.54) is 12.4 Å². The van der Waals surface area contributed by atoms with Gasteiger partial charge in [0.1, 0.15) is 5.02 Å². The summed E-state index contributed by atoms with van der Waals surface area (Å²) in [7, 11) is 0. The van der Waals surface area contributed by atoms with Crippen LogP contribution in [-0.4, -0.2) is 34.2 Å². The van der Waals surface area contributed by atoms with Gasteiger partial charge in [0.05, 0.1) is 17.4 Å². The predicted octanol–water partition coefficient (Wildman–Crippen LogP) is 0.660. The highest BCUT2D eigenvalue weighted by atomic mass is 35.5. The molecule has 104 valence electrons. The van der Waals surface area contributed by atoms with Gasteiger partial charge in [0, 0.05) is 25.5 Å². The SMILES string of the molecule is O=C(NCCNc1cn[nH]c(=O)c1Cl)c1cccnc1. The Hall–Kier alpha value is -2.41. The van der Waals surface area contributed by atoms with Crippen LogP contribution in [0.5, 0.6) is 0 Å². The van der Waals surface area contributed by atoms with E-state index in [-0.39, 0.29) is 10.9 Å². The van der Waals surface area contributed by atoms with Crippen LogP contribution in [0, 0.1) is 0 Å². The summed E-state index contributed by atoms with van der Waals surface area (Å²) in [6.45, 7) is 0.785. The highest BCUT2D eigenvalue weighted by molar-refractivity contribution is 6.32. The van der Waals surface area contributed by atoms with Crippen LogP contribution in [0.25, 0.3) is 0 Å². The summed E-state index contributed by atoms with van der Waals surface area (Å²) in [5.41, 5.74) is 0.450. The van der Waals surface area contributed by atoms with Crippen molar-refractivity contribution in [3.63, 3.8) is 0 Å². The molecule has 0 unspecified atom stereocenters. The number of carbonyl (C=O) groups is 1. The summed E-state index contributed by atoms with van der Waals surface area (Å²) in [6.07, 6.45) is 4.49. The molecule has 8 heteroatoms. The van der Waals surface area contributed by atoms with E-state index < -0.39 is 5.56 Å². The normalized spacial score (nSPS) is 10.1. The Kier molecular flexibility index (Phi) is 4.67. The molecule has 0 atom stereocenters. The van der Waals surface area contributed by atoms with Crippen molar-refractivity contribution in [1.29, 1.82) is 0 Å². The number of aromatic amines is 1. The fourth-order valence-electron chi connectivity index (χ4n) is 1.48. The van der Waals surface area contributed by atoms with Crippen LogP contribution in [0.2, 0.25) is 5.02 Å². The van der Waals surface area contributed by atoms with Gasteiger partial charge in [0.15, 0.2) is 0 Å². The summed E-state index contributed by atoms with van der Waals surface area (Å²) in [5.74, 6) is -0.213. The summed E-state index contributed by atoms with van der Waals surface area (Å²) in [6, 6.07) is 3.36. The maximum absolute atomic E-state index is 11.7. The lowest BCUT2D eigenvalue weighted by atomic mass is 10.3. The van der Waals surface area contributed by atoms with E-state index >= 15 is 0 Å². The van der Waals surface area contributed by atoms with Gasteiger partial charge in [-0.15, -0.1) is 0 Å². The molecule has 2 aromatic rings. The zero-order chi connectivity index (χ0) is 14.4. The summed E-state index contributed by atoms with van der Waals surface area (Å²) < 4.78 is 0. The van der Waals surface area contributed by atoms with Crippen molar-refractivity contribution in [2.24, 2.45) is 0 Å². The number of nitrogens with zero attached hydrogens (tertiary/aromatic N) is 2. The molecule has 0 aromatic carbocycles. The molecule has 1 amide bonds. The summed E-state index contributed by atoms with van der Waals surface area (Å²) in [4.78, 5) is 26.8. The van der Waals surface area contributed by atoms with Gasteiger partial charge < -0.3 is 10.6 Å². The highest BCUT2D eigenvalue weighted by Crippen LogP contribution is 2.13. The van der Waals surface area contributed by atoms with Crippen LogP contribution >= 0.6 is 11.6 Å². The first-order chi connectivity index (χ1) is 9.68. The van der Waals surface area contributed by atoms with E-state index in [1.807, 2.05) is 0 Å². The number of halogens is 1. The predicted molar refractivity (Wildman–Crippen MR) is 74.9 cm³/mol. The van der Waals surface area contributed by atoms with Gasteiger partial charge in [-0.3, -0.25) is 14.6 Å². The standard InChI is InChI=1S/C12H12ClN5O2/c13-10-9(7-17-18-12(10)20)15-4-5-16-11(19)8-2-1-3-14-6-8/h1-3,6-7H,4-5H2,(H,16,19)(H2,15,18,20). The maximum atomic E-state index is 11.7. The quantitative estimate of drug-likeness (QED) is 0.703. The molecule has 0 saturated heterocycles. The van der Waals surface area contributed by atoms with Crippen molar-refractivity contribution in [1.82, 2.24) is 20.5 Å². The number of hydrogen-bond donors (Lipinski definition) is 3. The van der Waals surface area contributed by atoms with Crippen LogP contribution in [0.15, 0.2) is 35.5 Å². The first-order valence-electron chi connectivity index (χ1n) is 5.84. The molecule has 2 heterocycles. The minimum atomic E-state index is -0.462. The molecule has 0 saturated carbocycles. The Balaban J connectivity index is 1.81. The van der Waals surface area contributed by atoms with E-state index in [9.17, 15) is 9.59 Å². The Morgan fingerprint density at radius 1 is 1.35 bits per heavy atom. The molecule has 20 heavy (non-hydrogen) atoms. The Labute approximate surface area is 119 Å². The van der Waals surface area contributed by atoms with Gasteiger partial charge in [-0.25, -0.2) is 5.10 Å². The molecular formula is C12H12ClN5O2. The third kappa shape index (κ3) is 3.55. The molecule has 7 nitrogen and oxygen atoms in total. The molecule has 0 radical (unpaired) electrons. The van der Waals surface area contributed by atoms with Crippen LogP contribution in [-0.2, 0) is 0 Å². The summed E-state index contributed by atoms with van der Waals surface area (Å²) in [5, 5.41) is 11.5. The number of anilines is 1. The van der Waals surface area contributed by atoms with Crippen molar-refractivity contribution in [3.05, 3.63) is 51.7 Å². The highest BCUT2D eigenvalue weighted by Gasteiger charge is 2.05. The average Bonchev–Trinajstić information content (AvgIpc) is 2.48. The van der Waals surface area contributed by atoms with E-state index in [4.69, 9.17) is 11.6 Å². The van der Waals surface area contributed by atoms with E-state index in [0.29, 0.717) is 24.3 Å². The van der Waals surface area contributed by atoms with E-state index in [2.05, 4.69) is 25.8 Å². The average molecular weight is 294 g/mol. The van der Waals surface area contributed by atoms with Gasteiger partial charge in [-0.2, -0.15) is 5.10 Å².